The highest BCUT2D eigenvalue weighted by atomic mass is 14.9. The zero-order chi connectivity index (χ0) is 11.7. The van der Waals surface area contributed by atoms with Gasteiger partial charge in [0.05, 0.1) is 0 Å². The Balaban J connectivity index is 3.88. The Bertz CT molecular complexity index is 170. The Morgan fingerprint density at radius 3 is 2.33 bits per heavy atom. The third kappa shape index (κ3) is 6.72. The van der Waals surface area contributed by atoms with Crippen LogP contribution < -0.4 is 5.32 Å². The molecule has 1 atom stereocenters. The van der Waals surface area contributed by atoms with Crippen LogP contribution in [-0.4, -0.2) is 12.6 Å². The molecule has 0 aliphatic heterocycles. The summed E-state index contributed by atoms with van der Waals surface area (Å²) in [5.74, 6) is 0.672. The summed E-state index contributed by atoms with van der Waals surface area (Å²) in [6, 6.07) is 0.707. The smallest absolute Gasteiger partial charge is 0.0169 e. The van der Waals surface area contributed by atoms with E-state index in [4.69, 9.17) is 0 Å². The van der Waals surface area contributed by atoms with Gasteiger partial charge in [0, 0.05) is 12.6 Å². The van der Waals surface area contributed by atoms with Crippen LogP contribution in [0.5, 0.6) is 0 Å². The summed E-state index contributed by atoms with van der Waals surface area (Å²) >= 11 is 0. The molecule has 0 radical (unpaired) electrons. The molecule has 0 aliphatic carbocycles. The molecule has 0 heterocycles. The number of hydrogen-bond donors (Lipinski definition) is 1. The topological polar surface area (TPSA) is 12.0 Å². The summed E-state index contributed by atoms with van der Waals surface area (Å²) in [6.45, 7) is 12.3. The van der Waals surface area contributed by atoms with Gasteiger partial charge in [0.1, 0.15) is 0 Å². The van der Waals surface area contributed by atoms with Gasteiger partial charge >= 0.3 is 0 Å². The maximum Gasteiger partial charge on any atom is 0.0169 e. The summed E-state index contributed by atoms with van der Waals surface area (Å²) in [7, 11) is 0. The van der Waals surface area contributed by atoms with Gasteiger partial charge in [-0.3, -0.25) is 0 Å². The summed E-state index contributed by atoms with van der Waals surface area (Å²) in [5.41, 5.74) is 1.53. The van der Waals surface area contributed by atoms with Crippen molar-refractivity contribution in [3.63, 3.8) is 0 Å². The molecule has 0 fully saturated rings. The van der Waals surface area contributed by atoms with Crippen molar-refractivity contribution >= 4 is 0 Å². The highest BCUT2D eigenvalue weighted by Crippen LogP contribution is 2.10. The first-order chi connectivity index (χ1) is 7.15. The second kappa shape index (κ2) is 8.96. The van der Waals surface area contributed by atoms with Crippen LogP contribution in [0.25, 0.3) is 0 Å². The molecule has 0 aromatic carbocycles. The lowest BCUT2D eigenvalue weighted by Crippen LogP contribution is -2.31. The van der Waals surface area contributed by atoms with Crippen LogP contribution in [0, 0.1) is 5.92 Å². The third-order valence-electron chi connectivity index (χ3n) is 3.11. The molecule has 0 spiro atoms. The van der Waals surface area contributed by atoms with Crippen LogP contribution in [-0.2, 0) is 0 Å². The van der Waals surface area contributed by atoms with E-state index in [1.165, 1.54) is 31.3 Å². The van der Waals surface area contributed by atoms with Crippen molar-refractivity contribution in [2.24, 2.45) is 5.92 Å². The quantitative estimate of drug-likeness (QED) is 0.595. The second-order valence-electron chi connectivity index (χ2n) is 4.65. The molecule has 1 unspecified atom stereocenters. The highest BCUT2D eigenvalue weighted by Gasteiger charge is 2.07. The maximum absolute atomic E-state index is 3.67. The van der Waals surface area contributed by atoms with E-state index in [1.807, 2.05) is 0 Å². The van der Waals surface area contributed by atoms with E-state index in [-0.39, 0.29) is 0 Å². The van der Waals surface area contributed by atoms with Crippen LogP contribution in [0.4, 0.5) is 0 Å². The lowest BCUT2D eigenvalue weighted by molar-refractivity contribution is 0.461. The van der Waals surface area contributed by atoms with Crippen LogP contribution in [0.15, 0.2) is 11.6 Å². The normalized spacial score (nSPS) is 14.7. The zero-order valence-electron chi connectivity index (χ0n) is 11.3. The van der Waals surface area contributed by atoms with Gasteiger partial charge in [-0.15, -0.1) is 0 Å². The second-order valence-corrected chi connectivity index (χ2v) is 4.65. The van der Waals surface area contributed by atoms with Crippen LogP contribution >= 0.6 is 0 Å². The van der Waals surface area contributed by atoms with Gasteiger partial charge in [-0.2, -0.15) is 0 Å². The first kappa shape index (κ1) is 14.7. The maximum atomic E-state index is 3.67. The third-order valence-corrected chi connectivity index (χ3v) is 3.11. The van der Waals surface area contributed by atoms with Crippen molar-refractivity contribution in [2.75, 3.05) is 6.54 Å². The average Bonchev–Trinajstić information content (AvgIpc) is 2.23. The van der Waals surface area contributed by atoms with E-state index in [1.54, 1.807) is 0 Å². The first-order valence-electron chi connectivity index (χ1n) is 6.54. The fourth-order valence-corrected chi connectivity index (χ4v) is 1.80. The lowest BCUT2D eigenvalue weighted by Gasteiger charge is -2.19. The van der Waals surface area contributed by atoms with Crippen LogP contribution in [0.1, 0.15) is 60.3 Å². The Labute approximate surface area is 96.3 Å². The lowest BCUT2D eigenvalue weighted by atomic mass is 10.0. The van der Waals surface area contributed by atoms with E-state index in [0.717, 1.165) is 6.54 Å². The molecule has 0 aliphatic rings. The van der Waals surface area contributed by atoms with Gasteiger partial charge in [-0.1, -0.05) is 52.2 Å². The number of rotatable bonds is 8. The zero-order valence-corrected chi connectivity index (χ0v) is 11.3. The van der Waals surface area contributed by atoms with Gasteiger partial charge in [0.15, 0.2) is 0 Å². The molecule has 0 aromatic heterocycles. The molecule has 0 rings (SSSR count). The average molecular weight is 211 g/mol. The summed E-state index contributed by atoms with van der Waals surface area (Å²) < 4.78 is 0. The van der Waals surface area contributed by atoms with Crippen molar-refractivity contribution in [1.82, 2.24) is 5.32 Å². The molecular weight excluding hydrogens is 182 g/mol. The fraction of sp³-hybridized carbons (Fsp3) is 0.857. The van der Waals surface area contributed by atoms with Crippen LogP contribution in [0.3, 0.4) is 0 Å². The minimum Gasteiger partial charge on any atom is -0.310 e. The number of unbranched alkanes of at least 4 members (excludes halogenated alkanes) is 1. The van der Waals surface area contributed by atoms with E-state index < -0.39 is 0 Å². The van der Waals surface area contributed by atoms with E-state index in [0.29, 0.717) is 12.0 Å². The fourth-order valence-electron chi connectivity index (χ4n) is 1.80. The molecular formula is C14H29N. The van der Waals surface area contributed by atoms with Crippen molar-refractivity contribution < 1.29 is 0 Å². The van der Waals surface area contributed by atoms with E-state index in [2.05, 4.69) is 46.0 Å². The summed E-state index contributed by atoms with van der Waals surface area (Å²) in [5, 5.41) is 3.67. The summed E-state index contributed by atoms with van der Waals surface area (Å²) in [6.07, 6.45) is 7.47. The first-order valence-corrected chi connectivity index (χ1v) is 6.54. The van der Waals surface area contributed by atoms with Gasteiger partial charge in [0.2, 0.25) is 0 Å². The Morgan fingerprint density at radius 2 is 1.93 bits per heavy atom. The summed E-state index contributed by atoms with van der Waals surface area (Å²) in [4.78, 5) is 0. The number of hydrogen-bond acceptors (Lipinski definition) is 1. The minimum absolute atomic E-state index is 0.672. The predicted octanol–water partition coefficient (Wildman–Crippen LogP) is 4.15. The van der Waals surface area contributed by atoms with Crippen LogP contribution in [0.2, 0.25) is 0 Å². The Hall–Kier alpha value is -0.300. The molecule has 1 heteroatoms. The van der Waals surface area contributed by atoms with Crippen molar-refractivity contribution in [2.45, 2.75) is 66.3 Å². The predicted molar refractivity (Wildman–Crippen MR) is 70.2 cm³/mol. The van der Waals surface area contributed by atoms with E-state index in [9.17, 15) is 0 Å². The van der Waals surface area contributed by atoms with Crippen molar-refractivity contribution in [1.29, 1.82) is 0 Å². The molecule has 0 saturated heterocycles. The molecule has 1 nitrogen and oxygen atoms in total. The Kier molecular flexibility index (Phi) is 8.79. The Morgan fingerprint density at radius 1 is 1.27 bits per heavy atom. The van der Waals surface area contributed by atoms with Gasteiger partial charge in [-0.05, 0) is 25.7 Å². The number of allylic oxidation sites excluding steroid dienone is 1. The largest absolute Gasteiger partial charge is 0.310 e. The highest BCUT2D eigenvalue weighted by molar-refractivity contribution is 5.05. The van der Waals surface area contributed by atoms with Gasteiger partial charge < -0.3 is 5.32 Å². The molecule has 15 heavy (non-hydrogen) atoms. The van der Waals surface area contributed by atoms with Gasteiger partial charge in [-0.25, -0.2) is 0 Å². The molecule has 0 amide bonds. The van der Waals surface area contributed by atoms with E-state index >= 15 is 0 Å². The molecule has 0 bridgehead atoms. The monoisotopic (exact) mass is 211 g/mol. The standard InChI is InChI=1S/C14H29N/c1-6-9-10-14(8-3)15-11-13(7-2)12(4)5/h7,12,14-15H,6,8-11H2,1-5H3/b13-7+. The van der Waals surface area contributed by atoms with Crippen molar-refractivity contribution in [3.8, 4) is 0 Å². The molecule has 0 aromatic rings. The minimum atomic E-state index is 0.672. The SMILES string of the molecule is C/C=C(\CNC(CC)CCCC)C(C)C. The van der Waals surface area contributed by atoms with Gasteiger partial charge in [0.25, 0.3) is 0 Å². The molecule has 0 saturated carbocycles. The molecule has 90 valence electrons. The van der Waals surface area contributed by atoms with Crippen molar-refractivity contribution in [3.05, 3.63) is 11.6 Å². The molecule has 1 N–H and O–H groups in total. The number of nitrogens with one attached hydrogen (secondary N) is 1.